The zero-order chi connectivity index (χ0) is 15.0. The highest BCUT2D eigenvalue weighted by molar-refractivity contribution is 5.82. The van der Waals surface area contributed by atoms with Crippen molar-refractivity contribution >= 4 is 12.0 Å². The lowest BCUT2D eigenvalue weighted by Gasteiger charge is -2.26. The molecule has 112 valence electrons. The number of rotatable bonds is 8. The maximum Gasteiger partial charge on any atom is 0.328 e. The largest absolute Gasteiger partial charge is 0.480 e. The number of carbonyl (C=O) groups is 2. The van der Waals surface area contributed by atoms with Gasteiger partial charge in [-0.2, -0.15) is 0 Å². The normalized spacial score (nSPS) is 14.3. The average Bonchev–Trinajstić information content (AvgIpc) is 2.26. The van der Waals surface area contributed by atoms with E-state index in [0.717, 1.165) is 0 Å². The Morgan fingerprint density at radius 1 is 1.26 bits per heavy atom. The maximum absolute atomic E-state index is 11.8. The molecule has 0 spiro atoms. The van der Waals surface area contributed by atoms with Gasteiger partial charge < -0.3 is 25.4 Å². The summed E-state index contributed by atoms with van der Waals surface area (Å²) in [6.07, 6.45) is 0. The van der Waals surface area contributed by atoms with Crippen LogP contribution in [-0.2, 0) is 9.53 Å². The number of ether oxygens (including phenoxy) is 1. The van der Waals surface area contributed by atoms with Crippen molar-refractivity contribution in [2.45, 2.75) is 25.9 Å². The number of nitrogens with one attached hydrogen (secondary N) is 2. The van der Waals surface area contributed by atoms with Gasteiger partial charge in [-0.25, -0.2) is 9.59 Å². The Morgan fingerprint density at radius 2 is 1.84 bits per heavy atom. The van der Waals surface area contributed by atoms with Crippen molar-refractivity contribution in [1.29, 1.82) is 0 Å². The Morgan fingerprint density at radius 3 is 2.21 bits per heavy atom. The Bertz CT molecular complexity index is 295. The first-order valence-electron chi connectivity index (χ1n) is 6.21. The number of hydrogen-bond donors (Lipinski definition) is 3. The number of methoxy groups -OCH3 is 1. The van der Waals surface area contributed by atoms with Gasteiger partial charge in [0.15, 0.2) is 6.04 Å². The summed E-state index contributed by atoms with van der Waals surface area (Å²) in [5.74, 6) is -0.871. The lowest BCUT2D eigenvalue weighted by atomic mass is 10.0. The van der Waals surface area contributed by atoms with Crippen LogP contribution in [0.3, 0.4) is 0 Å². The van der Waals surface area contributed by atoms with Crippen LogP contribution in [0.1, 0.15) is 13.8 Å². The summed E-state index contributed by atoms with van der Waals surface area (Å²) in [5.41, 5.74) is 0. The Balaban J connectivity index is 4.42. The van der Waals surface area contributed by atoms with Gasteiger partial charge >= 0.3 is 12.0 Å². The molecule has 0 saturated heterocycles. The second-order valence-corrected chi connectivity index (χ2v) is 5.08. The topological polar surface area (TPSA) is 90.9 Å². The van der Waals surface area contributed by atoms with Crippen LogP contribution < -0.4 is 10.6 Å². The standard InChI is InChI=1S/C12H25N3O4/c1-8(2)9(6-15(3)4)13-12(18)14-10(7-19-5)11(16)17/h8-10H,6-7H2,1-5H3,(H,16,17)(H2,13,14,18). The molecule has 0 bridgehead atoms. The zero-order valence-electron chi connectivity index (χ0n) is 12.3. The van der Waals surface area contributed by atoms with E-state index in [1.54, 1.807) is 0 Å². The van der Waals surface area contributed by atoms with Crippen molar-refractivity contribution in [2.24, 2.45) is 5.92 Å². The summed E-state index contributed by atoms with van der Waals surface area (Å²) in [4.78, 5) is 24.6. The van der Waals surface area contributed by atoms with Gasteiger partial charge in [0.1, 0.15) is 0 Å². The van der Waals surface area contributed by atoms with E-state index in [2.05, 4.69) is 10.6 Å². The predicted octanol–water partition coefficient (Wildman–Crippen LogP) is -0.0286. The molecule has 19 heavy (non-hydrogen) atoms. The lowest BCUT2D eigenvalue weighted by Crippen LogP contribution is -2.53. The molecule has 2 atom stereocenters. The molecular weight excluding hydrogens is 250 g/mol. The quantitative estimate of drug-likeness (QED) is 0.579. The summed E-state index contributed by atoms with van der Waals surface area (Å²) < 4.78 is 4.75. The summed E-state index contributed by atoms with van der Waals surface area (Å²) in [7, 11) is 5.22. The van der Waals surface area contributed by atoms with Crippen LogP contribution in [0, 0.1) is 5.92 Å². The minimum Gasteiger partial charge on any atom is -0.480 e. The fourth-order valence-corrected chi connectivity index (χ4v) is 1.53. The van der Waals surface area contributed by atoms with Gasteiger partial charge in [-0.1, -0.05) is 13.8 Å². The Kier molecular flexibility index (Phi) is 8.09. The molecule has 2 unspecified atom stereocenters. The molecule has 0 aromatic heterocycles. The fraction of sp³-hybridized carbons (Fsp3) is 0.833. The third-order valence-electron chi connectivity index (χ3n) is 2.62. The monoisotopic (exact) mass is 275 g/mol. The van der Waals surface area contributed by atoms with Crippen LogP contribution in [0.4, 0.5) is 4.79 Å². The molecule has 0 saturated carbocycles. The van der Waals surface area contributed by atoms with E-state index >= 15 is 0 Å². The van der Waals surface area contributed by atoms with Crippen LogP contribution >= 0.6 is 0 Å². The smallest absolute Gasteiger partial charge is 0.328 e. The van der Waals surface area contributed by atoms with Crippen molar-refractivity contribution in [3.63, 3.8) is 0 Å². The summed E-state index contributed by atoms with van der Waals surface area (Å²) in [6, 6.07) is -1.59. The van der Waals surface area contributed by atoms with Crippen molar-refractivity contribution in [1.82, 2.24) is 15.5 Å². The van der Waals surface area contributed by atoms with Gasteiger partial charge in [-0.05, 0) is 20.0 Å². The molecule has 0 aromatic carbocycles. The van der Waals surface area contributed by atoms with Crippen LogP contribution in [0.2, 0.25) is 0 Å². The van der Waals surface area contributed by atoms with Crippen LogP contribution in [-0.4, -0.2) is 68.4 Å². The molecule has 0 fully saturated rings. The highest BCUT2D eigenvalue weighted by Gasteiger charge is 2.22. The zero-order valence-corrected chi connectivity index (χ0v) is 12.3. The van der Waals surface area contributed by atoms with E-state index in [1.807, 2.05) is 32.8 Å². The van der Waals surface area contributed by atoms with Gasteiger partial charge in [0.05, 0.1) is 6.61 Å². The lowest BCUT2D eigenvalue weighted by molar-refractivity contribution is -0.140. The molecule has 0 aliphatic heterocycles. The highest BCUT2D eigenvalue weighted by atomic mass is 16.5. The SMILES string of the molecule is COCC(NC(=O)NC(CN(C)C)C(C)C)C(=O)O. The van der Waals surface area contributed by atoms with Crippen LogP contribution in [0.25, 0.3) is 0 Å². The van der Waals surface area contributed by atoms with E-state index in [1.165, 1.54) is 7.11 Å². The second-order valence-electron chi connectivity index (χ2n) is 5.08. The van der Waals surface area contributed by atoms with Gasteiger partial charge in [0.2, 0.25) is 0 Å². The minimum absolute atomic E-state index is 0.0491. The maximum atomic E-state index is 11.8. The van der Waals surface area contributed by atoms with Gasteiger partial charge in [0.25, 0.3) is 0 Å². The first-order valence-corrected chi connectivity index (χ1v) is 6.21. The third kappa shape index (κ3) is 7.63. The molecule has 0 radical (unpaired) electrons. The van der Waals surface area contributed by atoms with E-state index < -0.39 is 18.0 Å². The summed E-state index contributed by atoms with van der Waals surface area (Å²) >= 11 is 0. The van der Waals surface area contributed by atoms with Crippen molar-refractivity contribution in [2.75, 3.05) is 34.4 Å². The molecular formula is C12H25N3O4. The molecule has 0 aliphatic rings. The number of nitrogens with zero attached hydrogens (tertiary/aromatic N) is 1. The van der Waals surface area contributed by atoms with Crippen LogP contribution in [0.5, 0.6) is 0 Å². The molecule has 0 aromatic rings. The second kappa shape index (κ2) is 8.71. The van der Waals surface area contributed by atoms with E-state index in [4.69, 9.17) is 9.84 Å². The van der Waals surface area contributed by atoms with Crippen LogP contribution in [0.15, 0.2) is 0 Å². The van der Waals surface area contributed by atoms with Gasteiger partial charge in [-0.3, -0.25) is 0 Å². The molecule has 0 heterocycles. The summed E-state index contributed by atoms with van der Waals surface area (Å²) in [5, 5.41) is 14.1. The van der Waals surface area contributed by atoms with Gasteiger partial charge in [0, 0.05) is 19.7 Å². The minimum atomic E-state index is -1.12. The number of carbonyl (C=O) groups excluding carboxylic acids is 1. The van der Waals surface area contributed by atoms with Crippen molar-refractivity contribution < 1.29 is 19.4 Å². The van der Waals surface area contributed by atoms with Crippen molar-refractivity contribution in [3.8, 4) is 0 Å². The number of carboxylic acid groups (broad SMARTS) is 1. The number of amides is 2. The molecule has 3 N–H and O–H groups in total. The van der Waals surface area contributed by atoms with E-state index in [-0.39, 0.29) is 18.6 Å². The number of likely N-dealkylation sites (N-methyl/N-ethyl adjacent to an activating group) is 1. The molecule has 0 rings (SSSR count). The Labute approximate surface area is 114 Å². The van der Waals surface area contributed by atoms with Gasteiger partial charge in [-0.15, -0.1) is 0 Å². The molecule has 7 heteroatoms. The number of aliphatic carboxylic acids is 1. The Hall–Kier alpha value is -1.34. The fourth-order valence-electron chi connectivity index (χ4n) is 1.53. The average molecular weight is 275 g/mol. The van der Waals surface area contributed by atoms with Crippen molar-refractivity contribution in [3.05, 3.63) is 0 Å². The van der Waals surface area contributed by atoms with E-state index in [9.17, 15) is 9.59 Å². The predicted molar refractivity (Wildman–Crippen MR) is 72.1 cm³/mol. The number of hydrogen-bond acceptors (Lipinski definition) is 4. The first-order chi connectivity index (χ1) is 8.77. The molecule has 7 nitrogen and oxygen atoms in total. The highest BCUT2D eigenvalue weighted by Crippen LogP contribution is 2.02. The molecule has 0 aliphatic carbocycles. The van der Waals surface area contributed by atoms with E-state index in [0.29, 0.717) is 6.54 Å². The third-order valence-corrected chi connectivity index (χ3v) is 2.62. The summed E-state index contributed by atoms with van der Waals surface area (Å²) in [6.45, 7) is 4.62. The number of carboxylic acids is 1. The first kappa shape index (κ1) is 17.7. The molecule has 2 amide bonds. The number of urea groups is 1.